The van der Waals surface area contributed by atoms with Crippen molar-refractivity contribution in [1.29, 1.82) is 0 Å². The molecule has 1 aromatic heterocycles. The molecule has 0 spiro atoms. The second-order valence-corrected chi connectivity index (χ2v) is 16.5. The lowest BCUT2D eigenvalue weighted by molar-refractivity contribution is -0.143. The summed E-state index contributed by atoms with van der Waals surface area (Å²) in [5.41, 5.74) is 2.45. The second kappa shape index (κ2) is 24.5. The van der Waals surface area contributed by atoms with Gasteiger partial charge in [0.05, 0.1) is 24.4 Å². The largest absolute Gasteiger partial charge is 0.494 e. The van der Waals surface area contributed by atoms with E-state index in [2.05, 4.69) is 20.9 Å². The zero-order valence-electron chi connectivity index (χ0n) is 39.2. The number of nitrogens with zero attached hydrogens (tertiary/aromatic N) is 2. The lowest BCUT2D eigenvalue weighted by Gasteiger charge is -2.26. The number of hydrogen-bond acceptors (Lipinski definition) is 12. The number of imide groups is 2. The van der Waals surface area contributed by atoms with Crippen molar-refractivity contribution >= 4 is 64.6 Å². The van der Waals surface area contributed by atoms with Crippen LogP contribution in [0.5, 0.6) is 5.88 Å². The molecule has 366 valence electrons. The number of allylic oxidation sites excluding steroid dienone is 4. The molecule has 1 saturated heterocycles. The number of rotatable bonds is 21. The number of carbonyl (C=O) groups is 7. The Kier molecular flexibility index (Phi) is 17.8. The van der Waals surface area contributed by atoms with Gasteiger partial charge in [-0.3, -0.25) is 43.9 Å². The fraction of sp³-hybridized carbons (Fsp3) is 0.226. The maximum Gasteiger partial charge on any atom is 0.335 e. The smallest absolute Gasteiger partial charge is 0.335 e. The Morgan fingerprint density at radius 2 is 1.28 bits per heavy atom. The monoisotopic (exact) mass is 964 g/mol. The van der Waals surface area contributed by atoms with Gasteiger partial charge in [-0.15, -0.1) is 0 Å². The molecule has 71 heavy (non-hydrogen) atoms. The molecule has 0 saturated carbocycles. The first-order valence-corrected chi connectivity index (χ1v) is 22.5. The molecule has 1 fully saturated rings. The number of barbiturate groups is 1. The van der Waals surface area contributed by atoms with Gasteiger partial charge in [-0.25, -0.2) is 19.1 Å². The number of ether oxygens (including phenoxy) is 2. The van der Waals surface area contributed by atoms with Crippen molar-refractivity contribution < 1.29 is 48.1 Å². The first-order valence-electron chi connectivity index (χ1n) is 22.5. The van der Waals surface area contributed by atoms with Gasteiger partial charge in [-0.1, -0.05) is 78.4 Å². The van der Waals surface area contributed by atoms with Gasteiger partial charge in [-0.05, 0) is 104 Å². The van der Waals surface area contributed by atoms with Crippen LogP contribution in [-0.4, -0.2) is 76.4 Å². The van der Waals surface area contributed by atoms with Crippen molar-refractivity contribution in [3.05, 3.63) is 175 Å². The Bertz CT molecular complexity index is 3060. The minimum absolute atomic E-state index is 0.000460. The molecule has 1 aliphatic rings. The molecule has 2 heterocycles. The predicted molar refractivity (Wildman–Crippen MR) is 265 cm³/mol. The number of ketones is 1. The molecule has 0 atom stereocenters. The van der Waals surface area contributed by atoms with Crippen molar-refractivity contribution in [2.24, 2.45) is 0 Å². The number of urea groups is 1. The summed E-state index contributed by atoms with van der Waals surface area (Å²) in [6.07, 6.45) is 7.23. The molecule has 0 radical (unpaired) electrons. The van der Waals surface area contributed by atoms with E-state index in [4.69, 9.17) is 9.47 Å². The summed E-state index contributed by atoms with van der Waals surface area (Å²) in [5, 5.41) is 18.1. The molecule has 1 aliphatic heterocycles. The van der Waals surface area contributed by atoms with E-state index in [1.807, 2.05) is 48.5 Å². The SMILES string of the molecule is COCCCC(=O)Nc1cccc(N2C(=O)NC(=O)C(=CC=C(C)C=Cc3c(O)[nH]c(=O)n(-c4cccc(NC(=O)CCCOC(=O)Cc5ccc(Cc6ccc(CC(C)=O)cc6)cc5)c4)c3=O)C2=O)c1. The number of carbonyl (C=O) groups excluding carboxylic acids is 7. The number of aromatic hydroxyl groups is 1. The van der Waals surface area contributed by atoms with Crippen LogP contribution in [0.2, 0.25) is 0 Å². The second-order valence-electron chi connectivity index (χ2n) is 16.5. The Morgan fingerprint density at radius 1 is 0.718 bits per heavy atom. The summed E-state index contributed by atoms with van der Waals surface area (Å²) in [6, 6.07) is 26.4. The molecule has 0 aliphatic carbocycles. The van der Waals surface area contributed by atoms with Gasteiger partial charge in [0.2, 0.25) is 17.7 Å². The van der Waals surface area contributed by atoms with Crippen molar-refractivity contribution in [3.8, 4) is 11.6 Å². The van der Waals surface area contributed by atoms with Crippen LogP contribution < -0.4 is 32.1 Å². The number of amides is 6. The third-order valence-corrected chi connectivity index (χ3v) is 10.8. The van der Waals surface area contributed by atoms with E-state index < -0.39 is 52.4 Å². The van der Waals surface area contributed by atoms with Gasteiger partial charge in [0.15, 0.2) is 0 Å². The van der Waals surface area contributed by atoms with E-state index in [0.717, 1.165) is 31.7 Å². The van der Waals surface area contributed by atoms with Crippen molar-refractivity contribution in [2.75, 3.05) is 35.9 Å². The summed E-state index contributed by atoms with van der Waals surface area (Å²) >= 11 is 0. The Hall–Kier alpha value is -8.77. The molecule has 5 aromatic rings. The first kappa shape index (κ1) is 51.6. The average molecular weight is 965 g/mol. The van der Waals surface area contributed by atoms with Crippen LogP contribution in [0, 0.1) is 0 Å². The van der Waals surface area contributed by atoms with Gasteiger partial charge in [-0.2, -0.15) is 0 Å². The highest BCUT2D eigenvalue weighted by Crippen LogP contribution is 2.25. The number of anilines is 3. The molecule has 18 nitrogen and oxygen atoms in total. The maximum atomic E-state index is 13.7. The quantitative estimate of drug-likeness (QED) is 0.0187. The highest BCUT2D eigenvalue weighted by atomic mass is 16.5. The summed E-state index contributed by atoms with van der Waals surface area (Å²) in [4.78, 5) is 118. The van der Waals surface area contributed by atoms with Gasteiger partial charge < -0.3 is 25.2 Å². The van der Waals surface area contributed by atoms with Crippen LogP contribution >= 0.6 is 0 Å². The minimum atomic E-state index is -0.993. The number of hydrogen-bond donors (Lipinski definition) is 5. The van der Waals surface area contributed by atoms with Gasteiger partial charge in [0.1, 0.15) is 16.9 Å². The van der Waals surface area contributed by atoms with Crippen LogP contribution in [0.1, 0.15) is 67.3 Å². The van der Waals surface area contributed by atoms with Crippen LogP contribution in [0.3, 0.4) is 0 Å². The zero-order chi connectivity index (χ0) is 51.0. The first-order chi connectivity index (χ1) is 34.1. The van der Waals surface area contributed by atoms with Crippen molar-refractivity contribution in [3.63, 3.8) is 0 Å². The number of H-pyrrole nitrogens is 1. The molecule has 18 heteroatoms. The summed E-state index contributed by atoms with van der Waals surface area (Å²) in [6.45, 7) is 3.54. The summed E-state index contributed by atoms with van der Waals surface area (Å²) in [7, 11) is 1.52. The van der Waals surface area contributed by atoms with Gasteiger partial charge in [0.25, 0.3) is 17.4 Å². The summed E-state index contributed by atoms with van der Waals surface area (Å²) < 4.78 is 11.1. The number of methoxy groups -OCH3 is 1. The third kappa shape index (κ3) is 14.6. The fourth-order valence-electron chi connectivity index (χ4n) is 7.30. The molecule has 6 rings (SSSR count). The fourth-order valence-corrected chi connectivity index (χ4v) is 7.30. The number of nitrogens with one attached hydrogen (secondary N) is 4. The summed E-state index contributed by atoms with van der Waals surface area (Å²) in [5.74, 6) is -3.66. The Balaban J connectivity index is 1.02. The van der Waals surface area contributed by atoms with Crippen LogP contribution in [0.15, 0.2) is 136 Å². The average Bonchev–Trinajstić information content (AvgIpc) is 3.31. The number of esters is 1. The number of aromatic amines is 1. The Morgan fingerprint density at radius 3 is 1.89 bits per heavy atom. The zero-order valence-corrected chi connectivity index (χ0v) is 39.2. The molecule has 4 aromatic carbocycles. The maximum absolute atomic E-state index is 13.7. The third-order valence-electron chi connectivity index (χ3n) is 10.8. The molecular weight excluding hydrogens is 913 g/mol. The van der Waals surface area contributed by atoms with Gasteiger partial charge in [0, 0.05) is 44.4 Å². The van der Waals surface area contributed by atoms with Crippen molar-refractivity contribution in [2.45, 2.75) is 58.8 Å². The number of benzene rings is 4. The minimum Gasteiger partial charge on any atom is -0.494 e. The van der Waals surface area contributed by atoms with Crippen LogP contribution in [0.25, 0.3) is 11.8 Å². The van der Waals surface area contributed by atoms with Crippen molar-refractivity contribution in [1.82, 2.24) is 14.9 Å². The Labute approximate surface area is 407 Å². The van der Waals surface area contributed by atoms with Crippen LogP contribution in [0.4, 0.5) is 21.9 Å². The molecule has 5 N–H and O–H groups in total. The number of Topliss-reactive ketones (excluding diaryl/α,β-unsaturated/α-hetero) is 1. The molecular formula is C53H52N6O12. The predicted octanol–water partition coefficient (Wildman–Crippen LogP) is 5.99. The van der Waals surface area contributed by atoms with E-state index in [1.54, 1.807) is 26.0 Å². The molecule has 6 amide bonds. The highest BCUT2D eigenvalue weighted by molar-refractivity contribution is 6.37. The van der Waals surface area contributed by atoms with E-state index in [9.17, 15) is 48.3 Å². The standard InChI is InChI=1S/C53H52N6O12/c1-33(14-24-43-48(64)56-52(68)58(50(43)66)41-10-4-8-39(31-41)54-45(61)12-6-26-70-3)15-25-44-49(65)57-53(69)59(51(44)67)42-11-5-9-40(32-42)55-46(62)13-7-27-71-47(63)30-38-22-20-37(21-23-38)29-36-18-16-35(17-19-36)28-34(2)60/h4-5,8-11,14-25,31-32,65H,6-7,12-13,26-30H2,1-3H3,(H,54,61)(H,55,62)(H,57,69)(H,56,64,68). The van der Waals surface area contributed by atoms with E-state index >= 15 is 0 Å². The normalized spacial score (nSPS) is 13.3. The van der Waals surface area contributed by atoms with E-state index in [-0.39, 0.29) is 66.6 Å². The van der Waals surface area contributed by atoms with E-state index in [0.29, 0.717) is 37.1 Å². The molecule has 0 unspecified atom stereocenters. The van der Waals surface area contributed by atoms with Crippen LogP contribution in [-0.2, 0) is 57.5 Å². The number of aromatic nitrogens is 2. The van der Waals surface area contributed by atoms with E-state index in [1.165, 1.54) is 67.8 Å². The topological polar surface area (TPSA) is 252 Å². The van der Waals surface area contributed by atoms with Gasteiger partial charge >= 0.3 is 17.7 Å². The lowest BCUT2D eigenvalue weighted by atomic mass is 10.0. The lowest BCUT2D eigenvalue weighted by Crippen LogP contribution is -2.54. The molecule has 0 bridgehead atoms. The highest BCUT2D eigenvalue weighted by Gasteiger charge is 2.36.